The Bertz CT molecular complexity index is 1750. The van der Waals surface area contributed by atoms with Crippen molar-refractivity contribution in [2.45, 2.75) is 18.5 Å². The van der Waals surface area contributed by atoms with E-state index in [9.17, 15) is 14.7 Å². The Hall–Kier alpha value is -5.02. The lowest BCUT2D eigenvalue weighted by Gasteiger charge is -2.26. The van der Waals surface area contributed by atoms with Crippen molar-refractivity contribution in [2.24, 2.45) is 0 Å². The van der Waals surface area contributed by atoms with Gasteiger partial charge in [0.05, 0.1) is 17.3 Å². The van der Waals surface area contributed by atoms with E-state index >= 15 is 0 Å². The van der Waals surface area contributed by atoms with E-state index in [0.717, 1.165) is 22.2 Å². The zero-order chi connectivity index (χ0) is 28.3. The SMILES string of the molecule is O=C(CCN1C(=S)N[C@@H](c2ccccn2)[C@@H]1c1ccc(-c2ccccc2C(=O)O)o1)Nc1cccc2ccccc12. The first-order valence-corrected chi connectivity index (χ1v) is 13.6. The summed E-state index contributed by atoms with van der Waals surface area (Å²) < 4.78 is 6.29. The van der Waals surface area contributed by atoms with Gasteiger partial charge in [-0.05, 0) is 54.0 Å². The summed E-state index contributed by atoms with van der Waals surface area (Å²) in [6, 6.07) is 28.9. The summed E-state index contributed by atoms with van der Waals surface area (Å²) in [5.41, 5.74) is 2.16. The lowest BCUT2D eigenvalue weighted by atomic mass is 10.0. The molecule has 9 heteroatoms. The number of carboxylic acid groups (broad SMARTS) is 1. The monoisotopic (exact) mass is 562 g/mol. The van der Waals surface area contributed by atoms with Crippen LogP contribution < -0.4 is 10.6 Å². The van der Waals surface area contributed by atoms with E-state index in [2.05, 4.69) is 15.6 Å². The number of anilines is 1. The number of thiocarbonyl (C=S) groups is 1. The highest BCUT2D eigenvalue weighted by Crippen LogP contribution is 2.41. The van der Waals surface area contributed by atoms with Crippen molar-refractivity contribution in [3.63, 3.8) is 0 Å². The molecule has 6 rings (SSSR count). The maximum Gasteiger partial charge on any atom is 0.336 e. The second kappa shape index (κ2) is 11.2. The van der Waals surface area contributed by atoms with E-state index in [1.165, 1.54) is 0 Å². The summed E-state index contributed by atoms with van der Waals surface area (Å²) >= 11 is 5.73. The van der Waals surface area contributed by atoms with Crippen molar-refractivity contribution in [3.8, 4) is 11.3 Å². The fourth-order valence-corrected chi connectivity index (χ4v) is 5.60. The number of fused-ring (bicyclic) bond motifs is 1. The van der Waals surface area contributed by atoms with Crippen molar-refractivity contribution < 1.29 is 19.1 Å². The predicted octanol–water partition coefficient (Wildman–Crippen LogP) is 6.19. The Balaban J connectivity index is 1.28. The first kappa shape index (κ1) is 26.2. The average molecular weight is 563 g/mol. The van der Waals surface area contributed by atoms with Crippen molar-refractivity contribution in [2.75, 3.05) is 11.9 Å². The van der Waals surface area contributed by atoms with Crippen LogP contribution >= 0.6 is 12.2 Å². The molecule has 1 fully saturated rings. The maximum absolute atomic E-state index is 13.1. The van der Waals surface area contributed by atoms with Gasteiger partial charge in [0.15, 0.2) is 5.11 Å². The number of carbonyl (C=O) groups excluding carboxylic acids is 1. The first-order valence-electron chi connectivity index (χ1n) is 13.2. The van der Waals surface area contributed by atoms with Crippen LogP contribution in [0.2, 0.25) is 0 Å². The highest BCUT2D eigenvalue weighted by molar-refractivity contribution is 7.80. The number of furan rings is 1. The number of carboxylic acids is 1. The zero-order valence-electron chi connectivity index (χ0n) is 21.9. The molecule has 0 radical (unpaired) electrons. The summed E-state index contributed by atoms with van der Waals surface area (Å²) in [5, 5.41) is 18.6. The number of nitrogens with zero attached hydrogens (tertiary/aromatic N) is 2. The van der Waals surface area contributed by atoms with Crippen molar-refractivity contribution in [1.29, 1.82) is 0 Å². The molecule has 3 heterocycles. The topological polar surface area (TPSA) is 108 Å². The first-order chi connectivity index (χ1) is 20.0. The fourth-order valence-electron chi connectivity index (χ4n) is 5.27. The molecule has 41 heavy (non-hydrogen) atoms. The minimum atomic E-state index is -1.03. The van der Waals surface area contributed by atoms with Crippen LogP contribution in [-0.4, -0.2) is 38.5 Å². The molecule has 2 atom stereocenters. The molecule has 1 amide bonds. The molecular formula is C32H26N4O4S. The summed E-state index contributed by atoms with van der Waals surface area (Å²) in [6.07, 6.45) is 1.90. The molecule has 2 aromatic heterocycles. The van der Waals surface area contributed by atoms with Crippen LogP contribution in [0, 0.1) is 0 Å². The van der Waals surface area contributed by atoms with Crippen LogP contribution in [0.1, 0.15) is 40.3 Å². The molecule has 0 spiro atoms. The number of nitrogens with one attached hydrogen (secondary N) is 2. The van der Waals surface area contributed by atoms with Gasteiger partial charge in [-0.1, -0.05) is 60.7 Å². The number of hydrogen-bond acceptors (Lipinski definition) is 5. The fraction of sp³-hybridized carbons (Fsp3) is 0.125. The molecule has 1 aliphatic heterocycles. The van der Waals surface area contributed by atoms with E-state index < -0.39 is 12.0 Å². The Labute approximate surface area is 241 Å². The largest absolute Gasteiger partial charge is 0.478 e. The molecule has 5 aromatic rings. The molecule has 0 saturated carbocycles. The van der Waals surface area contributed by atoms with Crippen molar-refractivity contribution in [3.05, 3.63) is 120 Å². The molecule has 1 saturated heterocycles. The molecular weight excluding hydrogens is 536 g/mol. The average Bonchev–Trinajstić information content (AvgIpc) is 3.61. The van der Waals surface area contributed by atoms with Gasteiger partial charge in [0.1, 0.15) is 17.6 Å². The molecule has 8 nitrogen and oxygen atoms in total. The van der Waals surface area contributed by atoms with Gasteiger partial charge >= 0.3 is 5.97 Å². The summed E-state index contributed by atoms with van der Waals surface area (Å²) in [6.45, 7) is 0.332. The number of pyridine rings is 1. The normalized spacial score (nSPS) is 16.5. The number of carbonyl (C=O) groups is 2. The van der Waals surface area contributed by atoms with Crippen LogP contribution in [0.4, 0.5) is 5.69 Å². The lowest BCUT2D eigenvalue weighted by Crippen LogP contribution is -2.32. The van der Waals surface area contributed by atoms with Gasteiger partial charge in [0.25, 0.3) is 0 Å². The summed E-state index contributed by atoms with van der Waals surface area (Å²) in [4.78, 5) is 31.4. The van der Waals surface area contributed by atoms with Gasteiger partial charge in [-0.15, -0.1) is 0 Å². The van der Waals surface area contributed by atoms with Gasteiger partial charge in [-0.3, -0.25) is 9.78 Å². The minimum absolute atomic E-state index is 0.139. The van der Waals surface area contributed by atoms with E-state index in [1.54, 1.807) is 36.5 Å². The Morgan fingerprint density at radius 2 is 1.73 bits per heavy atom. The molecule has 1 aliphatic rings. The molecule has 3 aromatic carbocycles. The number of aromatic nitrogens is 1. The minimum Gasteiger partial charge on any atom is -0.478 e. The van der Waals surface area contributed by atoms with Crippen LogP contribution in [0.15, 0.2) is 108 Å². The number of rotatable bonds is 8. The number of aromatic carboxylic acids is 1. The van der Waals surface area contributed by atoms with Gasteiger partial charge in [0, 0.05) is 35.8 Å². The van der Waals surface area contributed by atoms with E-state index in [0.29, 0.717) is 28.7 Å². The van der Waals surface area contributed by atoms with Gasteiger partial charge in [-0.25, -0.2) is 4.79 Å². The van der Waals surface area contributed by atoms with E-state index in [-0.39, 0.29) is 23.9 Å². The maximum atomic E-state index is 13.1. The van der Waals surface area contributed by atoms with E-state index in [4.69, 9.17) is 16.6 Å². The van der Waals surface area contributed by atoms with E-state index in [1.807, 2.05) is 71.6 Å². The Kier molecular flexibility index (Phi) is 7.18. The third kappa shape index (κ3) is 5.27. The third-order valence-corrected chi connectivity index (χ3v) is 7.53. The predicted molar refractivity (Wildman–Crippen MR) is 160 cm³/mol. The second-order valence-corrected chi connectivity index (χ2v) is 10.1. The number of amides is 1. The molecule has 0 bridgehead atoms. The van der Waals surface area contributed by atoms with Crippen LogP contribution in [0.25, 0.3) is 22.1 Å². The number of hydrogen-bond donors (Lipinski definition) is 3. The van der Waals surface area contributed by atoms with Gasteiger partial charge in [0.2, 0.25) is 5.91 Å². The Morgan fingerprint density at radius 3 is 2.56 bits per heavy atom. The Morgan fingerprint density at radius 1 is 0.951 bits per heavy atom. The zero-order valence-corrected chi connectivity index (χ0v) is 22.7. The van der Waals surface area contributed by atoms with Crippen molar-refractivity contribution >= 4 is 45.7 Å². The highest BCUT2D eigenvalue weighted by Gasteiger charge is 2.41. The molecule has 204 valence electrons. The summed E-state index contributed by atoms with van der Waals surface area (Å²) in [7, 11) is 0. The van der Waals surface area contributed by atoms with Crippen LogP contribution in [0.5, 0.6) is 0 Å². The highest BCUT2D eigenvalue weighted by atomic mass is 32.1. The van der Waals surface area contributed by atoms with Crippen molar-refractivity contribution in [1.82, 2.24) is 15.2 Å². The third-order valence-electron chi connectivity index (χ3n) is 7.18. The standard InChI is InChI=1S/C32H26N4O4S/c37-28(34-24-14-7-9-20-8-1-2-10-21(20)24)17-19-36-30(29(35-32(36)41)25-13-5-6-18-33-25)27-16-15-26(40-27)22-11-3-4-12-23(22)31(38)39/h1-16,18,29-30H,17,19H2,(H,34,37)(H,35,41)(H,38,39)/t29-,30-/m0/s1. The van der Waals surface area contributed by atoms with Crippen LogP contribution in [-0.2, 0) is 4.79 Å². The lowest BCUT2D eigenvalue weighted by molar-refractivity contribution is -0.116. The summed E-state index contributed by atoms with van der Waals surface area (Å²) in [5.74, 6) is -0.158. The molecule has 0 aliphatic carbocycles. The molecule has 3 N–H and O–H groups in total. The van der Waals surface area contributed by atoms with Gasteiger partial charge < -0.3 is 25.1 Å². The quantitative estimate of drug-likeness (QED) is 0.192. The van der Waals surface area contributed by atoms with Gasteiger partial charge in [-0.2, -0.15) is 0 Å². The number of benzene rings is 3. The van der Waals surface area contributed by atoms with Crippen LogP contribution in [0.3, 0.4) is 0 Å². The molecule has 0 unspecified atom stereocenters. The smallest absolute Gasteiger partial charge is 0.336 e. The second-order valence-electron chi connectivity index (χ2n) is 9.70.